The molecule has 1 atom stereocenters. The van der Waals surface area contributed by atoms with E-state index in [1.54, 1.807) is 11.4 Å². The van der Waals surface area contributed by atoms with Crippen molar-refractivity contribution in [2.24, 2.45) is 5.92 Å². The minimum absolute atomic E-state index is 0.132. The second kappa shape index (κ2) is 7.15. The van der Waals surface area contributed by atoms with Crippen molar-refractivity contribution in [1.82, 2.24) is 9.88 Å². The SMILES string of the molecule is CCC1CCCN(C(=O)c2csc(-c3cccc(C(F)(F)F)c3)n2)C1. The molecule has 0 N–H and O–H groups in total. The zero-order valence-corrected chi connectivity index (χ0v) is 14.7. The zero-order chi connectivity index (χ0) is 18.0. The highest BCUT2D eigenvalue weighted by Crippen LogP contribution is 2.33. The number of likely N-dealkylation sites (tertiary alicyclic amines) is 1. The molecular formula is C18H19F3N2OS. The number of hydrogen-bond donors (Lipinski definition) is 0. The second-order valence-corrected chi connectivity index (χ2v) is 7.14. The molecule has 1 aromatic carbocycles. The van der Waals surface area contributed by atoms with Crippen LogP contribution < -0.4 is 0 Å². The quantitative estimate of drug-likeness (QED) is 0.756. The maximum atomic E-state index is 12.9. The van der Waals surface area contributed by atoms with Crippen LogP contribution in [0.2, 0.25) is 0 Å². The van der Waals surface area contributed by atoms with E-state index >= 15 is 0 Å². The van der Waals surface area contributed by atoms with Gasteiger partial charge in [-0.25, -0.2) is 4.98 Å². The van der Waals surface area contributed by atoms with Gasteiger partial charge in [-0.2, -0.15) is 13.2 Å². The Balaban J connectivity index is 1.79. The van der Waals surface area contributed by atoms with Gasteiger partial charge in [0.25, 0.3) is 5.91 Å². The van der Waals surface area contributed by atoms with Gasteiger partial charge in [0.1, 0.15) is 10.7 Å². The van der Waals surface area contributed by atoms with E-state index < -0.39 is 11.7 Å². The summed E-state index contributed by atoms with van der Waals surface area (Å²) in [6.45, 7) is 3.56. The molecule has 1 unspecified atom stereocenters. The highest BCUT2D eigenvalue weighted by atomic mass is 32.1. The third-order valence-corrected chi connectivity index (χ3v) is 5.44. The highest BCUT2D eigenvalue weighted by Gasteiger charge is 2.31. The van der Waals surface area contributed by atoms with E-state index in [4.69, 9.17) is 0 Å². The van der Waals surface area contributed by atoms with Gasteiger partial charge in [0, 0.05) is 24.0 Å². The molecule has 0 aliphatic carbocycles. The molecule has 25 heavy (non-hydrogen) atoms. The van der Waals surface area contributed by atoms with Crippen molar-refractivity contribution in [3.8, 4) is 10.6 Å². The van der Waals surface area contributed by atoms with Crippen LogP contribution in [0.5, 0.6) is 0 Å². The van der Waals surface area contributed by atoms with Crippen molar-refractivity contribution in [1.29, 1.82) is 0 Å². The molecule has 134 valence electrons. The van der Waals surface area contributed by atoms with Gasteiger partial charge in [0.2, 0.25) is 0 Å². The van der Waals surface area contributed by atoms with E-state index in [1.807, 2.05) is 4.90 Å². The first kappa shape index (κ1) is 17.9. The summed E-state index contributed by atoms with van der Waals surface area (Å²) in [5, 5.41) is 2.06. The van der Waals surface area contributed by atoms with Crippen molar-refractivity contribution in [2.75, 3.05) is 13.1 Å². The van der Waals surface area contributed by atoms with Gasteiger partial charge >= 0.3 is 6.18 Å². The van der Waals surface area contributed by atoms with Crippen LogP contribution >= 0.6 is 11.3 Å². The number of amides is 1. The van der Waals surface area contributed by atoms with Crippen molar-refractivity contribution in [3.63, 3.8) is 0 Å². The smallest absolute Gasteiger partial charge is 0.337 e. The molecule has 1 aromatic heterocycles. The Labute approximate surface area is 148 Å². The molecule has 2 aromatic rings. The van der Waals surface area contributed by atoms with Gasteiger partial charge in [-0.1, -0.05) is 25.5 Å². The molecular weight excluding hydrogens is 349 g/mol. The number of thiazole rings is 1. The van der Waals surface area contributed by atoms with Crippen LogP contribution in [-0.2, 0) is 6.18 Å². The molecule has 0 radical (unpaired) electrons. The molecule has 0 spiro atoms. The van der Waals surface area contributed by atoms with Gasteiger partial charge < -0.3 is 4.90 Å². The lowest BCUT2D eigenvalue weighted by molar-refractivity contribution is -0.137. The predicted octanol–water partition coefficient (Wildman–Crippen LogP) is 5.09. The predicted molar refractivity (Wildman–Crippen MR) is 91.5 cm³/mol. The fraction of sp³-hybridized carbons (Fsp3) is 0.444. The average Bonchev–Trinajstić information content (AvgIpc) is 3.10. The number of carbonyl (C=O) groups is 1. The number of rotatable bonds is 3. The van der Waals surface area contributed by atoms with E-state index in [0.717, 1.165) is 37.9 Å². The number of hydrogen-bond acceptors (Lipinski definition) is 3. The summed E-state index contributed by atoms with van der Waals surface area (Å²) in [5.41, 5.74) is -0.0204. The number of piperidine rings is 1. The number of benzene rings is 1. The van der Waals surface area contributed by atoms with Crippen LogP contribution in [0, 0.1) is 5.92 Å². The van der Waals surface area contributed by atoms with Gasteiger partial charge in [-0.3, -0.25) is 4.79 Å². The summed E-state index contributed by atoms with van der Waals surface area (Å²) in [6.07, 6.45) is -1.24. The number of aromatic nitrogens is 1. The molecule has 0 saturated carbocycles. The van der Waals surface area contributed by atoms with E-state index in [0.29, 0.717) is 28.7 Å². The Morgan fingerprint density at radius 1 is 1.40 bits per heavy atom. The van der Waals surface area contributed by atoms with E-state index in [9.17, 15) is 18.0 Å². The number of carbonyl (C=O) groups excluding carboxylic acids is 1. The molecule has 1 amide bonds. The minimum atomic E-state index is -4.39. The van der Waals surface area contributed by atoms with Gasteiger partial charge in [-0.05, 0) is 30.9 Å². The lowest BCUT2D eigenvalue weighted by Crippen LogP contribution is -2.39. The van der Waals surface area contributed by atoms with E-state index in [-0.39, 0.29) is 5.91 Å². The standard InChI is InChI=1S/C18H19F3N2OS/c1-2-12-5-4-8-23(10-12)17(24)15-11-25-16(22-15)13-6-3-7-14(9-13)18(19,20)21/h3,6-7,9,11-12H,2,4-5,8,10H2,1H3. The summed E-state index contributed by atoms with van der Waals surface area (Å²) < 4.78 is 38.6. The first-order valence-electron chi connectivity index (χ1n) is 8.31. The summed E-state index contributed by atoms with van der Waals surface area (Å²) in [5.74, 6) is 0.381. The lowest BCUT2D eigenvalue weighted by atomic mass is 9.95. The number of alkyl halides is 3. The Morgan fingerprint density at radius 2 is 2.20 bits per heavy atom. The molecule has 3 nitrogen and oxygen atoms in total. The Kier molecular flexibility index (Phi) is 5.13. The Bertz CT molecular complexity index is 757. The molecule has 2 heterocycles. The van der Waals surface area contributed by atoms with E-state index in [2.05, 4.69) is 11.9 Å². The van der Waals surface area contributed by atoms with Gasteiger partial charge in [0.05, 0.1) is 5.56 Å². The van der Waals surface area contributed by atoms with Crippen LogP contribution in [-0.4, -0.2) is 28.9 Å². The third-order valence-electron chi connectivity index (χ3n) is 4.54. The molecule has 0 bridgehead atoms. The van der Waals surface area contributed by atoms with Crippen LogP contribution in [0.25, 0.3) is 10.6 Å². The summed E-state index contributed by atoms with van der Waals surface area (Å²) in [7, 11) is 0. The largest absolute Gasteiger partial charge is 0.416 e. The monoisotopic (exact) mass is 368 g/mol. The molecule has 1 fully saturated rings. The van der Waals surface area contributed by atoms with Crippen molar-refractivity contribution < 1.29 is 18.0 Å². The Morgan fingerprint density at radius 3 is 2.92 bits per heavy atom. The van der Waals surface area contributed by atoms with Crippen LogP contribution in [0.1, 0.15) is 42.2 Å². The first-order valence-corrected chi connectivity index (χ1v) is 9.19. The second-order valence-electron chi connectivity index (χ2n) is 6.28. The van der Waals surface area contributed by atoms with Gasteiger partial charge in [-0.15, -0.1) is 11.3 Å². The Hall–Kier alpha value is -1.89. The molecule has 7 heteroatoms. The zero-order valence-electron chi connectivity index (χ0n) is 13.8. The number of nitrogens with zero attached hydrogens (tertiary/aromatic N) is 2. The van der Waals surface area contributed by atoms with Crippen molar-refractivity contribution >= 4 is 17.2 Å². The molecule has 3 rings (SSSR count). The fourth-order valence-corrected chi connectivity index (χ4v) is 3.87. The lowest BCUT2D eigenvalue weighted by Gasteiger charge is -2.31. The average molecular weight is 368 g/mol. The summed E-state index contributed by atoms with van der Waals surface area (Å²) in [4.78, 5) is 18.7. The maximum absolute atomic E-state index is 12.9. The molecule has 1 saturated heterocycles. The van der Waals surface area contributed by atoms with Crippen LogP contribution in [0.3, 0.4) is 0 Å². The van der Waals surface area contributed by atoms with Gasteiger partial charge in [0.15, 0.2) is 0 Å². The molecule has 1 aliphatic heterocycles. The normalized spacial score (nSPS) is 18.4. The summed E-state index contributed by atoms with van der Waals surface area (Å²) in [6, 6.07) is 5.04. The number of halogens is 3. The minimum Gasteiger partial charge on any atom is -0.337 e. The van der Waals surface area contributed by atoms with Crippen molar-refractivity contribution in [2.45, 2.75) is 32.4 Å². The third kappa shape index (κ3) is 4.03. The molecule has 1 aliphatic rings. The topological polar surface area (TPSA) is 33.2 Å². The first-order chi connectivity index (χ1) is 11.9. The maximum Gasteiger partial charge on any atom is 0.416 e. The van der Waals surface area contributed by atoms with Crippen LogP contribution in [0.15, 0.2) is 29.6 Å². The van der Waals surface area contributed by atoms with E-state index in [1.165, 1.54) is 17.4 Å². The fourth-order valence-electron chi connectivity index (χ4n) is 3.08. The highest BCUT2D eigenvalue weighted by molar-refractivity contribution is 7.13. The van der Waals surface area contributed by atoms with Crippen LogP contribution in [0.4, 0.5) is 13.2 Å². The summed E-state index contributed by atoms with van der Waals surface area (Å²) >= 11 is 1.19. The van der Waals surface area contributed by atoms with Crippen molar-refractivity contribution in [3.05, 3.63) is 40.9 Å².